The first kappa shape index (κ1) is 13.1. The molecule has 4 heteroatoms. The van der Waals surface area contributed by atoms with Crippen molar-refractivity contribution < 1.29 is 0 Å². The van der Waals surface area contributed by atoms with Gasteiger partial charge in [-0.05, 0) is 40.0 Å². The molecule has 0 amide bonds. The van der Waals surface area contributed by atoms with Gasteiger partial charge >= 0.3 is 0 Å². The zero-order valence-electron chi connectivity index (χ0n) is 11.9. The number of hydrogen-bond donors (Lipinski definition) is 1. The molecule has 2 atom stereocenters. The maximum Gasteiger partial charge on any atom is 0.224 e. The number of nitrogens with zero attached hydrogens (tertiary/aromatic N) is 3. The summed E-state index contributed by atoms with van der Waals surface area (Å²) in [5.41, 5.74) is 1.03. The highest BCUT2D eigenvalue weighted by atomic mass is 15.3. The monoisotopic (exact) mass is 248 g/mol. The molecule has 2 heterocycles. The Labute approximate surface area is 110 Å². The molecular formula is C14H24N4. The molecule has 1 aliphatic heterocycles. The van der Waals surface area contributed by atoms with Gasteiger partial charge in [-0.3, -0.25) is 0 Å². The number of anilines is 2. The predicted octanol–water partition coefficient (Wildman–Crippen LogP) is 2.98. The van der Waals surface area contributed by atoms with Crippen LogP contribution in [0.15, 0.2) is 6.07 Å². The summed E-state index contributed by atoms with van der Waals surface area (Å²) in [6.45, 7) is 9.51. The van der Waals surface area contributed by atoms with Crippen molar-refractivity contribution in [3.8, 4) is 0 Å². The minimum atomic E-state index is 0.582. The zero-order valence-corrected chi connectivity index (χ0v) is 11.9. The summed E-state index contributed by atoms with van der Waals surface area (Å²) in [6, 6.07) is 3.31. The third-order valence-electron chi connectivity index (χ3n) is 3.70. The largest absolute Gasteiger partial charge is 0.354 e. The van der Waals surface area contributed by atoms with E-state index in [0.29, 0.717) is 12.1 Å². The molecule has 2 unspecified atom stereocenters. The molecule has 0 saturated carbocycles. The topological polar surface area (TPSA) is 41.1 Å². The van der Waals surface area contributed by atoms with Crippen molar-refractivity contribution in [3.63, 3.8) is 0 Å². The van der Waals surface area contributed by atoms with Crippen molar-refractivity contribution in [1.29, 1.82) is 0 Å². The van der Waals surface area contributed by atoms with E-state index in [9.17, 15) is 0 Å². The Morgan fingerprint density at radius 1 is 1.33 bits per heavy atom. The van der Waals surface area contributed by atoms with Crippen LogP contribution in [0.5, 0.6) is 0 Å². The van der Waals surface area contributed by atoms with Gasteiger partial charge in [0.15, 0.2) is 0 Å². The molecule has 1 fully saturated rings. The Morgan fingerprint density at radius 2 is 2.11 bits per heavy atom. The second-order valence-electron chi connectivity index (χ2n) is 5.12. The van der Waals surface area contributed by atoms with E-state index in [1.165, 1.54) is 19.3 Å². The van der Waals surface area contributed by atoms with Crippen molar-refractivity contribution in [2.45, 2.75) is 59.0 Å². The lowest BCUT2D eigenvalue weighted by atomic mass is 10.1. The third kappa shape index (κ3) is 2.57. The van der Waals surface area contributed by atoms with E-state index in [1.54, 1.807) is 0 Å². The van der Waals surface area contributed by atoms with Crippen LogP contribution in [-0.2, 0) is 0 Å². The van der Waals surface area contributed by atoms with Crippen LogP contribution in [0, 0.1) is 6.92 Å². The lowest BCUT2D eigenvalue weighted by Gasteiger charge is -2.29. The van der Waals surface area contributed by atoms with Gasteiger partial charge in [0.2, 0.25) is 5.95 Å². The second-order valence-corrected chi connectivity index (χ2v) is 5.12. The summed E-state index contributed by atoms with van der Waals surface area (Å²) in [6.07, 6.45) is 3.72. The lowest BCUT2D eigenvalue weighted by Crippen LogP contribution is -2.35. The van der Waals surface area contributed by atoms with Gasteiger partial charge < -0.3 is 10.2 Å². The summed E-state index contributed by atoms with van der Waals surface area (Å²) < 4.78 is 0. The number of rotatable bonds is 4. The standard InChI is InChI=1S/C14H24N4/c1-5-12-8-7-11(4)18(12)13-9-10(3)16-14(17-13)15-6-2/h9,11-12H,5-8H2,1-4H3,(H,15,16,17). The summed E-state index contributed by atoms with van der Waals surface area (Å²) in [7, 11) is 0. The van der Waals surface area contributed by atoms with Crippen molar-refractivity contribution in [2.75, 3.05) is 16.8 Å². The van der Waals surface area contributed by atoms with Gasteiger partial charge in [-0.1, -0.05) is 6.92 Å². The Bertz CT molecular complexity index is 405. The molecule has 0 aliphatic carbocycles. The lowest BCUT2D eigenvalue weighted by molar-refractivity contribution is 0.620. The number of nitrogens with one attached hydrogen (secondary N) is 1. The minimum Gasteiger partial charge on any atom is -0.354 e. The number of aromatic nitrogens is 2. The van der Waals surface area contributed by atoms with Crippen LogP contribution in [0.4, 0.5) is 11.8 Å². The minimum absolute atomic E-state index is 0.582. The van der Waals surface area contributed by atoms with Crippen molar-refractivity contribution in [1.82, 2.24) is 9.97 Å². The highest BCUT2D eigenvalue weighted by Crippen LogP contribution is 2.31. The summed E-state index contributed by atoms with van der Waals surface area (Å²) in [4.78, 5) is 11.5. The van der Waals surface area contributed by atoms with E-state index in [1.807, 2.05) is 6.92 Å². The molecule has 4 nitrogen and oxygen atoms in total. The fourth-order valence-corrected chi connectivity index (χ4v) is 2.81. The van der Waals surface area contributed by atoms with Crippen LogP contribution < -0.4 is 10.2 Å². The first-order valence-corrected chi connectivity index (χ1v) is 7.03. The molecular weight excluding hydrogens is 224 g/mol. The molecule has 1 aromatic rings. The van der Waals surface area contributed by atoms with Crippen LogP contribution in [-0.4, -0.2) is 28.6 Å². The second kappa shape index (κ2) is 5.55. The van der Waals surface area contributed by atoms with Crippen molar-refractivity contribution in [3.05, 3.63) is 11.8 Å². The Hall–Kier alpha value is -1.32. The van der Waals surface area contributed by atoms with Gasteiger partial charge in [-0.25, -0.2) is 4.98 Å². The SMILES string of the molecule is CCNc1nc(C)cc(N2C(C)CCC2CC)n1. The summed E-state index contributed by atoms with van der Waals surface area (Å²) in [5.74, 6) is 1.83. The normalized spacial score (nSPS) is 23.4. The molecule has 100 valence electrons. The maximum absolute atomic E-state index is 4.66. The molecule has 2 rings (SSSR count). The molecule has 0 aromatic carbocycles. The van der Waals surface area contributed by atoms with E-state index in [0.717, 1.165) is 24.0 Å². The molecule has 0 radical (unpaired) electrons. The third-order valence-corrected chi connectivity index (χ3v) is 3.70. The van der Waals surface area contributed by atoms with Crippen LogP contribution in [0.3, 0.4) is 0 Å². The molecule has 0 bridgehead atoms. The van der Waals surface area contributed by atoms with Gasteiger partial charge in [0.05, 0.1) is 0 Å². The van der Waals surface area contributed by atoms with E-state index >= 15 is 0 Å². The van der Waals surface area contributed by atoms with Crippen LogP contribution in [0.2, 0.25) is 0 Å². The van der Waals surface area contributed by atoms with E-state index in [2.05, 4.69) is 47.0 Å². The number of hydrogen-bond acceptors (Lipinski definition) is 4. The smallest absolute Gasteiger partial charge is 0.224 e. The quantitative estimate of drug-likeness (QED) is 0.889. The molecule has 1 aliphatic rings. The average molecular weight is 248 g/mol. The molecule has 0 spiro atoms. The highest BCUT2D eigenvalue weighted by molar-refractivity contribution is 5.47. The molecule has 1 aromatic heterocycles. The van der Waals surface area contributed by atoms with Gasteiger partial charge in [-0.2, -0.15) is 4.98 Å². The Balaban J connectivity index is 2.31. The van der Waals surface area contributed by atoms with Crippen molar-refractivity contribution >= 4 is 11.8 Å². The van der Waals surface area contributed by atoms with Crippen LogP contribution >= 0.6 is 0 Å². The van der Waals surface area contributed by atoms with Gasteiger partial charge in [0, 0.05) is 30.4 Å². The van der Waals surface area contributed by atoms with E-state index in [-0.39, 0.29) is 0 Å². The Kier molecular flexibility index (Phi) is 4.04. The molecule has 18 heavy (non-hydrogen) atoms. The average Bonchev–Trinajstić information content (AvgIpc) is 2.70. The van der Waals surface area contributed by atoms with Gasteiger partial charge in [-0.15, -0.1) is 0 Å². The fourth-order valence-electron chi connectivity index (χ4n) is 2.81. The van der Waals surface area contributed by atoms with Crippen LogP contribution in [0.1, 0.15) is 45.7 Å². The summed E-state index contributed by atoms with van der Waals surface area (Å²) >= 11 is 0. The van der Waals surface area contributed by atoms with Gasteiger partial charge in [0.25, 0.3) is 0 Å². The molecule has 1 saturated heterocycles. The maximum atomic E-state index is 4.66. The molecule has 1 N–H and O–H groups in total. The van der Waals surface area contributed by atoms with Crippen molar-refractivity contribution in [2.24, 2.45) is 0 Å². The zero-order chi connectivity index (χ0) is 13.1. The first-order valence-electron chi connectivity index (χ1n) is 7.03. The fraction of sp³-hybridized carbons (Fsp3) is 0.714. The van der Waals surface area contributed by atoms with E-state index in [4.69, 9.17) is 0 Å². The van der Waals surface area contributed by atoms with Crippen LogP contribution in [0.25, 0.3) is 0 Å². The first-order chi connectivity index (χ1) is 8.65. The number of aryl methyl sites for hydroxylation is 1. The predicted molar refractivity (Wildman–Crippen MR) is 76.2 cm³/mol. The van der Waals surface area contributed by atoms with Gasteiger partial charge in [0.1, 0.15) is 5.82 Å². The van der Waals surface area contributed by atoms with E-state index < -0.39 is 0 Å². The Morgan fingerprint density at radius 3 is 2.78 bits per heavy atom. The highest BCUT2D eigenvalue weighted by Gasteiger charge is 2.30. The summed E-state index contributed by atoms with van der Waals surface area (Å²) in [5, 5.41) is 3.21.